The quantitative estimate of drug-likeness (QED) is 0.478. The predicted molar refractivity (Wildman–Crippen MR) is 98.6 cm³/mol. The lowest BCUT2D eigenvalue weighted by Crippen LogP contribution is -2.12. The van der Waals surface area contributed by atoms with Crippen LogP contribution in [0.3, 0.4) is 0 Å². The lowest BCUT2D eigenvalue weighted by atomic mass is 10.2. The lowest BCUT2D eigenvalue weighted by Gasteiger charge is -2.15. The summed E-state index contributed by atoms with van der Waals surface area (Å²) in [6, 6.07) is 12.0. The van der Waals surface area contributed by atoms with Crippen LogP contribution in [0.2, 0.25) is 0 Å². The van der Waals surface area contributed by atoms with Gasteiger partial charge < -0.3 is 10.6 Å². The second-order valence-corrected chi connectivity index (χ2v) is 7.39. The summed E-state index contributed by atoms with van der Waals surface area (Å²) in [5.41, 5.74) is 2.77. The fourth-order valence-corrected chi connectivity index (χ4v) is 2.87. The van der Waals surface area contributed by atoms with Crippen LogP contribution in [-0.4, -0.2) is 30.5 Å². The van der Waals surface area contributed by atoms with Gasteiger partial charge in [0.2, 0.25) is 10.0 Å². The number of nitrogens with one attached hydrogen (secondary N) is 4. The number of hydrogen-bond acceptors (Lipinski definition) is 5. The summed E-state index contributed by atoms with van der Waals surface area (Å²) in [6.07, 6.45) is 1.03. The summed E-state index contributed by atoms with van der Waals surface area (Å²) < 4.78 is 47.5. The fraction of sp³-hybridized carbons (Fsp3) is 0.143. The predicted octanol–water partition coefficient (Wildman–Crippen LogP) is 2.39. The minimum absolute atomic E-state index is 0.255. The first kappa shape index (κ1) is 18.0. The highest BCUT2D eigenvalue weighted by atomic mass is 32.2. The van der Waals surface area contributed by atoms with Crippen LogP contribution in [0.1, 0.15) is 0 Å². The van der Waals surface area contributed by atoms with Crippen LogP contribution in [0.25, 0.3) is 0 Å². The second-order valence-electron chi connectivity index (χ2n) is 4.94. The average molecular weight is 370 g/mol. The molecule has 2 aromatic carbocycles. The van der Waals surface area contributed by atoms with Crippen molar-refractivity contribution in [3.05, 3.63) is 42.5 Å². The van der Waals surface area contributed by atoms with E-state index in [0.29, 0.717) is 11.4 Å². The minimum atomic E-state index is -3.51. The highest BCUT2D eigenvalue weighted by Gasteiger charge is 2.10. The number of anilines is 5. The number of sulfonamides is 1. The highest BCUT2D eigenvalue weighted by Crippen LogP contribution is 2.30. The Kier molecular flexibility index (Phi) is 5.65. The molecule has 0 aliphatic heterocycles. The standard InChI is InChI=1S/C14H18N4O4S2/c1-15-10-3-5-11(6-4-10)16-13-8-7-12(17-23(19)20)9-14(13)18-24(2,21)22/h3-9,15-18H,1-2H3,(H,19,20). The Morgan fingerprint density at radius 2 is 1.54 bits per heavy atom. The summed E-state index contributed by atoms with van der Waals surface area (Å²) in [5.74, 6) is 0. The van der Waals surface area contributed by atoms with Gasteiger partial charge in [-0.05, 0) is 42.5 Å². The van der Waals surface area contributed by atoms with Crippen LogP contribution in [0, 0.1) is 0 Å². The fourth-order valence-electron chi connectivity index (χ4n) is 1.98. The molecule has 1 unspecified atom stereocenters. The van der Waals surface area contributed by atoms with Crippen molar-refractivity contribution in [1.29, 1.82) is 0 Å². The third-order valence-corrected chi connectivity index (χ3v) is 3.97. The zero-order valence-electron chi connectivity index (χ0n) is 13.0. The molecule has 0 spiro atoms. The van der Waals surface area contributed by atoms with Gasteiger partial charge in [0.05, 0.1) is 23.3 Å². The number of benzene rings is 2. The van der Waals surface area contributed by atoms with Gasteiger partial charge in [-0.3, -0.25) is 14.0 Å². The molecule has 0 saturated heterocycles. The molecule has 1 atom stereocenters. The molecule has 24 heavy (non-hydrogen) atoms. The molecular formula is C14H18N4O4S2. The molecule has 2 aromatic rings. The van der Waals surface area contributed by atoms with E-state index in [-0.39, 0.29) is 5.69 Å². The molecule has 0 aliphatic rings. The first-order valence-electron chi connectivity index (χ1n) is 6.81. The van der Waals surface area contributed by atoms with Crippen molar-refractivity contribution in [2.45, 2.75) is 0 Å². The van der Waals surface area contributed by atoms with Crippen molar-refractivity contribution in [2.24, 2.45) is 0 Å². The van der Waals surface area contributed by atoms with Crippen molar-refractivity contribution in [3.8, 4) is 0 Å². The molecule has 0 aromatic heterocycles. The van der Waals surface area contributed by atoms with E-state index >= 15 is 0 Å². The maximum atomic E-state index is 11.5. The van der Waals surface area contributed by atoms with Crippen molar-refractivity contribution < 1.29 is 17.2 Å². The van der Waals surface area contributed by atoms with E-state index in [1.807, 2.05) is 31.3 Å². The zero-order valence-corrected chi connectivity index (χ0v) is 14.7. The van der Waals surface area contributed by atoms with E-state index in [4.69, 9.17) is 4.55 Å². The van der Waals surface area contributed by atoms with E-state index in [1.165, 1.54) is 6.07 Å². The summed E-state index contributed by atoms with van der Waals surface area (Å²) in [4.78, 5) is 0. The Balaban J connectivity index is 2.33. The van der Waals surface area contributed by atoms with Gasteiger partial charge in [0, 0.05) is 18.4 Å². The Morgan fingerprint density at radius 3 is 2.08 bits per heavy atom. The third kappa shape index (κ3) is 5.41. The number of rotatable bonds is 7. The molecule has 10 heteroatoms. The maximum absolute atomic E-state index is 11.5. The van der Waals surface area contributed by atoms with Crippen molar-refractivity contribution in [3.63, 3.8) is 0 Å². The molecule has 8 nitrogen and oxygen atoms in total. The van der Waals surface area contributed by atoms with Gasteiger partial charge in [-0.15, -0.1) is 0 Å². The van der Waals surface area contributed by atoms with Crippen LogP contribution in [-0.2, 0) is 21.3 Å². The van der Waals surface area contributed by atoms with Crippen molar-refractivity contribution >= 4 is 49.7 Å². The van der Waals surface area contributed by atoms with Crippen LogP contribution in [0.5, 0.6) is 0 Å². The van der Waals surface area contributed by atoms with Crippen LogP contribution < -0.4 is 20.1 Å². The summed E-state index contributed by atoms with van der Waals surface area (Å²) in [7, 11) is -1.70. The van der Waals surface area contributed by atoms with Gasteiger partial charge in [0.1, 0.15) is 0 Å². The molecule has 0 heterocycles. The average Bonchev–Trinajstić information content (AvgIpc) is 2.48. The Morgan fingerprint density at radius 1 is 0.958 bits per heavy atom. The Labute approximate surface area is 143 Å². The Hall–Kier alpha value is -2.30. The monoisotopic (exact) mass is 370 g/mol. The lowest BCUT2D eigenvalue weighted by molar-refractivity contribution is 0.570. The van der Waals surface area contributed by atoms with Gasteiger partial charge >= 0.3 is 0 Å². The summed E-state index contributed by atoms with van der Waals surface area (Å²) >= 11 is -2.25. The largest absolute Gasteiger partial charge is 0.388 e. The molecule has 0 radical (unpaired) electrons. The van der Waals surface area contributed by atoms with Crippen LogP contribution in [0.15, 0.2) is 42.5 Å². The van der Waals surface area contributed by atoms with Crippen molar-refractivity contribution in [2.75, 3.05) is 33.4 Å². The molecule has 0 fully saturated rings. The third-order valence-electron chi connectivity index (χ3n) is 2.97. The zero-order chi connectivity index (χ0) is 17.7. The van der Waals surface area contributed by atoms with Crippen molar-refractivity contribution in [1.82, 2.24) is 0 Å². The van der Waals surface area contributed by atoms with Gasteiger partial charge in [0.25, 0.3) is 11.3 Å². The summed E-state index contributed by atoms with van der Waals surface area (Å²) in [5, 5.41) is 6.11. The smallest absolute Gasteiger partial charge is 0.259 e. The first-order valence-corrected chi connectivity index (χ1v) is 9.81. The van der Waals surface area contributed by atoms with E-state index in [2.05, 4.69) is 20.1 Å². The van der Waals surface area contributed by atoms with Crippen LogP contribution >= 0.6 is 0 Å². The first-order chi connectivity index (χ1) is 11.3. The SMILES string of the molecule is CNc1ccc(Nc2ccc(NS(=O)O)cc2NS(C)(=O)=O)cc1. The topological polar surface area (TPSA) is 120 Å². The molecule has 5 N–H and O–H groups in total. The summed E-state index contributed by atoms with van der Waals surface area (Å²) in [6.45, 7) is 0. The van der Waals surface area contributed by atoms with Gasteiger partial charge in [0.15, 0.2) is 0 Å². The maximum Gasteiger partial charge on any atom is 0.259 e. The highest BCUT2D eigenvalue weighted by molar-refractivity contribution is 7.92. The normalized spacial score (nSPS) is 12.3. The van der Waals surface area contributed by atoms with E-state index in [9.17, 15) is 12.6 Å². The van der Waals surface area contributed by atoms with E-state index in [1.54, 1.807) is 12.1 Å². The van der Waals surface area contributed by atoms with E-state index in [0.717, 1.165) is 17.6 Å². The van der Waals surface area contributed by atoms with Gasteiger partial charge in [-0.1, -0.05) is 0 Å². The van der Waals surface area contributed by atoms with Gasteiger partial charge in [-0.2, -0.15) is 0 Å². The molecular weight excluding hydrogens is 352 g/mol. The molecule has 130 valence electrons. The molecule has 0 aliphatic carbocycles. The molecule has 2 rings (SSSR count). The van der Waals surface area contributed by atoms with Crippen LogP contribution in [0.4, 0.5) is 28.4 Å². The molecule has 0 saturated carbocycles. The molecule has 0 amide bonds. The van der Waals surface area contributed by atoms with Gasteiger partial charge in [-0.25, -0.2) is 12.6 Å². The minimum Gasteiger partial charge on any atom is -0.388 e. The van der Waals surface area contributed by atoms with E-state index < -0.39 is 21.3 Å². The Bertz CT molecular complexity index is 838. The number of hydrogen-bond donors (Lipinski definition) is 5. The molecule has 0 bridgehead atoms. The second kappa shape index (κ2) is 7.51.